The fraction of sp³-hybridized carbons (Fsp3) is 0.231. The lowest BCUT2D eigenvalue weighted by Gasteiger charge is -2.13. The number of nitrogens with one attached hydrogen (secondary N) is 1. The first-order chi connectivity index (χ1) is 14.7. The van der Waals surface area contributed by atoms with E-state index in [1.54, 1.807) is 11.8 Å². The molecule has 3 nitrogen and oxygen atoms in total. The molecule has 3 aromatic rings. The van der Waals surface area contributed by atoms with Gasteiger partial charge in [-0.1, -0.05) is 80.6 Å². The number of carbonyl (C=O) groups excluding carboxylic acids is 1. The van der Waals surface area contributed by atoms with E-state index in [0.29, 0.717) is 12.1 Å². The molecule has 4 rings (SSSR count). The highest BCUT2D eigenvalue weighted by atomic mass is 32.2. The molecular formula is C26H26N2OS. The fourth-order valence-electron chi connectivity index (χ4n) is 3.63. The molecule has 1 aliphatic rings. The molecule has 1 N–H and O–H groups in total. The predicted octanol–water partition coefficient (Wildman–Crippen LogP) is 6.61. The van der Waals surface area contributed by atoms with Gasteiger partial charge in [-0.15, -0.1) is 0 Å². The van der Waals surface area contributed by atoms with Crippen molar-refractivity contribution in [3.8, 4) is 0 Å². The summed E-state index contributed by atoms with van der Waals surface area (Å²) in [5.41, 5.74) is 5.05. The zero-order chi connectivity index (χ0) is 20.9. The van der Waals surface area contributed by atoms with E-state index in [4.69, 9.17) is 4.99 Å². The second-order valence-electron chi connectivity index (χ2n) is 7.61. The average molecular weight is 415 g/mol. The van der Waals surface area contributed by atoms with Crippen LogP contribution >= 0.6 is 11.8 Å². The van der Waals surface area contributed by atoms with E-state index in [9.17, 15) is 4.79 Å². The number of benzene rings is 3. The van der Waals surface area contributed by atoms with Gasteiger partial charge in [0.05, 0.1) is 5.69 Å². The molecule has 0 spiro atoms. The van der Waals surface area contributed by atoms with E-state index in [1.807, 2.05) is 36.4 Å². The lowest BCUT2D eigenvalue weighted by molar-refractivity contribution is 0.0951. The van der Waals surface area contributed by atoms with Crippen LogP contribution in [0.1, 0.15) is 54.1 Å². The van der Waals surface area contributed by atoms with E-state index >= 15 is 0 Å². The van der Waals surface area contributed by atoms with Gasteiger partial charge < -0.3 is 5.32 Å². The number of amides is 1. The van der Waals surface area contributed by atoms with Gasteiger partial charge in [0.2, 0.25) is 0 Å². The number of hydrogen-bond acceptors (Lipinski definition) is 3. The van der Waals surface area contributed by atoms with Gasteiger partial charge in [0.1, 0.15) is 0 Å². The quantitative estimate of drug-likeness (QED) is 0.493. The molecule has 0 fully saturated rings. The molecule has 0 aliphatic carbocycles. The summed E-state index contributed by atoms with van der Waals surface area (Å²) in [5, 5.41) is 3.08. The first-order valence-electron chi connectivity index (χ1n) is 10.5. The second-order valence-corrected chi connectivity index (χ2v) is 8.69. The molecular weight excluding hydrogens is 388 g/mol. The van der Waals surface area contributed by atoms with Gasteiger partial charge in [0.15, 0.2) is 0 Å². The smallest absolute Gasteiger partial charge is 0.251 e. The molecule has 1 heterocycles. The average Bonchev–Trinajstić information content (AvgIpc) is 2.94. The Hall–Kier alpha value is -2.85. The van der Waals surface area contributed by atoms with Crippen LogP contribution in [0.2, 0.25) is 0 Å². The normalized spacial score (nSPS) is 13.5. The van der Waals surface area contributed by atoms with E-state index in [0.717, 1.165) is 29.1 Å². The lowest BCUT2D eigenvalue weighted by atomic mass is 10.0. The summed E-state index contributed by atoms with van der Waals surface area (Å²) in [6, 6.07) is 24.5. The van der Waals surface area contributed by atoms with Gasteiger partial charge in [-0.05, 0) is 42.2 Å². The SMILES string of the molecule is CCCC1=Nc2cc(C(=O)NC[C@@H](C)c3ccccc3)ccc2Sc2ccccc21. The molecule has 0 aromatic heterocycles. The van der Waals surface area contributed by atoms with Crippen LogP contribution in [0.15, 0.2) is 87.6 Å². The van der Waals surface area contributed by atoms with Crippen molar-refractivity contribution in [2.45, 2.75) is 42.4 Å². The number of hydrogen-bond donors (Lipinski definition) is 1. The predicted molar refractivity (Wildman–Crippen MR) is 125 cm³/mol. The molecule has 1 aliphatic heterocycles. The zero-order valence-electron chi connectivity index (χ0n) is 17.4. The summed E-state index contributed by atoms with van der Waals surface area (Å²) in [4.78, 5) is 20.1. The lowest BCUT2D eigenvalue weighted by Crippen LogP contribution is -2.27. The highest BCUT2D eigenvalue weighted by molar-refractivity contribution is 7.99. The molecule has 4 heteroatoms. The van der Waals surface area contributed by atoms with Crippen molar-refractivity contribution in [1.29, 1.82) is 0 Å². The van der Waals surface area contributed by atoms with Crippen LogP contribution in [0.5, 0.6) is 0 Å². The second kappa shape index (κ2) is 9.31. The van der Waals surface area contributed by atoms with Crippen LogP contribution in [-0.2, 0) is 0 Å². The van der Waals surface area contributed by atoms with Gasteiger partial charge in [-0.3, -0.25) is 9.79 Å². The Morgan fingerprint density at radius 3 is 2.57 bits per heavy atom. The maximum Gasteiger partial charge on any atom is 0.251 e. The first-order valence-corrected chi connectivity index (χ1v) is 11.3. The minimum absolute atomic E-state index is 0.0559. The third-order valence-corrected chi connectivity index (χ3v) is 6.46. The van der Waals surface area contributed by atoms with Gasteiger partial charge in [-0.25, -0.2) is 0 Å². The maximum absolute atomic E-state index is 12.8. The first kappa shape index (κ1) is 20.4. The van der Waals surface area contributed by atoms with Crippen LogP contribution in [0.4, 0.5) is 5.69 Å². The minimum atomic E-state index is -0.0559. The standard InChI is InChI=1S/C26H26N2OS/c1-3-9-22-21-12-7-8-13-24(21)30-25-15-14-20(16-23(25)28-22)26(29)27-17-18(2)19-10-5-4-6-11-19/h4-8,10-16,18H,3,9,17H2,1-2H3,(H,27,29)/t18-/m1/s1. The van der Waals surface area contributed by atoms with Crippen LogP contribution in [-0.4, -0.2) is 18.2 Å². The molecule has 3 aromatic carbocycles. The molecule has 0 saturated carbocycles. The molecule has 1 amide bonds. The summed E-state index contributed by atoms with van der Waals surface area (Å²) in [7, 11) is 0. The molecule has 1 atom stereocenters. The summed E-state index contributed by atoms with van der Waals surface area (Å²) in [6.07, 6.45) is 1.95. The van der Waals surface area contributed by atoms with Gasteiger partial charge in [0, 0.05) is 33.2 Å². The number of aliphatic imine (C=N–C) groups is 1. The molecule has 152 valence electrons. The van der Waals surface area contributed by atoms with E-state index in [2.05, 4.69) is 55.6 Å². The van der Waals surface area contributed by atoms with Crippen molar-refractivity contribution in [3.63, 3.8) is 0 Å². The van der Waals surface area contributed by atoms with Crippen molar-refractivity contribution in [3.05, 3.63) is 89.5 Å². The van der Waals surface area contributed by atoms with Crippen LogP contribution < -0.4 is 5.32 Å². The minimum Gasteiger partial charge on any atom is -0.351 e. The van der Waals surface area contributed by atoms with Crippen molar-refractivity contribution >= 4 is 29.1 Å². The highest BCUT2D eigenvalue weighted by Crippen LogP contribution is 2.41. The van der Waals surface area contributed by atoms with E-state index in [-0.39, 0.29) is 11.8 Å². The number of fused-ring (bicyclic) bond motifs is 2. The Bertz CT molecular complexity index is 1080. The van der Waals surface area contributed by atoms with E-state index in [1.165, 1.54) is 16.0 Å². The number of rotatable bonds is 6. The third kappa shape index (κ3) is 4.49. The Kier molecular flexibility index (Phi) is 6.34. The molecule has 0 saturated heterocycles. The zero-order valence-corrected chi connectivity index (χ0v) is 18.2. The monoisotopic (exact) mass is 414 g/mol. The Morgan fingerprint density at radius 2 is 1.77 bits per heavy atom. The largest absolute Gasteiger partial charge is 0.351 e. The summed E-state index contributed by atoms with van der Waals surface area (Å²) in [5.74, 6) is 0.204. The highest BCUT2D eigenvalue weighted by Gasteiger charge is 2.18. The van der Waals surface area contributed by atoms with Crippen molar-refractivity contribution in [2.75, 3.05) is 6.54 Å². The topological polar surface area (TPSA) is 41.5 Å². The van der Waals surface area contributed by atoms with Crippen molar-refractivity contribution in [2.24, 2.45) is 4.99 Å². The van der Waals surface area contributed by atoms with Crippen LogP contribution in [0.25, 0.3) is 0 Å². The van der Waals surface area contributed by atoms with Crippen LogP contribution in [0, 0.1) is 0 Å². The Labute approximate surface area is 182 Å². The summed E-state index contributed by atoms with van der Waals surface area (Å²) < 4.78 is 0. The van der Waals surface area contributed by atoms with Gasteiger partial charge >= 0.3 is 0 Å². The van der Waals surface area contributed by atoms with Crippen molar-refractivity contribution in [1.82, 2.24) is 5.32 Å². The Balaban J connectivity index is 1.55. The number of carbonyl (C=O) groups is 1. The summed E-state index contributed by atoms with van der Waals surface area (Å²) in [6.45, 7) is 4.90. The number of nitrogens with zero attached hydrogens (tertiary/aromatic N) is 1. The molecule has 0 unspecified atom stereocenters. The molecule has 30 heavy (non-hydrogen) atoms. The Morgan fingerprint density at radius 1 is 1.00 bits per heavy atom. The molecule has 0 bridgehead atoms. The third-order valence-electron chi connectivity index (χ3n) is 5.32. The van der Waals surface area contributed by atoms with E-state index < -0.39 is 0 Å². The van der Waals surface area contributed by atoms with Gasteiger partial charge in [0.25, 0.3) is 5.91 Å². The van der Waals surface area contributed by atoms with Crippen molar-refractivity contribution < 1.29 is 4.79 Å². The van der Waals surface area contributed by atoms with Gasteiger partial charge in [-0.2, -0.15) is 0 Å². The maximum atomic E-state index is 12.8. The molecule has 0 radical (unpaired) electrons. The summed E-state index contributed by atoms with van der Waals surface area (Å²) >= 11 is 1.72. The van der Waals surface area contributed by atoms with Crippen LogP contribution in [0.3, 0.4) is 0 Å². The fourth-order valence-corrected chi connectivity index (χ4v) is 4.65.